The number of imidazole rings is 1. The maximum atomic E-state index is 14.0. The molecule has 0 spiro atoms. The van der Waals surface area contributed by atoms with Gasteiger partial charge in [-0.15, -0.1) is 0 Å². The Morgan fingerprint density at radius 2 is 2.24 bits per heavy atom. The van der Waals surface area contributed by atoms with Crippen molar-refractivity contribution >= 4 is 17.0 Å². The lowest BCUT2D eigenvalue weighted by Gasteiger charge is -2.15. The fourth-order valence-corrected chi connectivity index (χ4v) is 2.76. The van der Waals surface area contributed by atoms with Crippen molar-refractivity contribution in [1.29, 1.82) is 0 Å². The van der Waals surface area contributed by atoms with Gasteiger partial charge in [-0.2, -0.15) is 0 Å². The zero-order chi connectivity index (χ0) is 15.0. The second kappa shape index (κ2) is 5.47. The van der Waals surface area contributed by atoms with Crippen LogP contribution in [-0.4, -0.2) is 22.1 Å². The van der Waals surface area contributed by atoms with Gasteiger partial charge in [0, 0.05) is 6.04 Å². The normalized spacial score (nSPS) is 16.1. The summed E-state index contributed by atoms with van der Waals surface area (Å²) in [5, 5.41) is 0. The van der Waals surface area contributed by atoms with Crippen molar-refractivity contribution < 1.29 is 13.9 Å². The van der Waals surface area contributed by atoms with E-state index in [1.54, 1.807) is 13.0 Å². The fourth-order valence-electron chi connectivity index (χ4n) is 2.76. The van der Waals surface area contributed by atoms with E-state index in [0.717, 1.165) is 18.4 Å². The van der Waals surface area contributed by atoms with Crippen LogP contribution in [0, 0.1) is 5.82 Å². The highest BCUT2D eigenvalue weighted by atomic mass is 19.1. The maximum absolute atomic E-state index is 14.0. The summed E-state index contributed by atoms with van der Waals surface area (Å²) in [6.45, 7) is 4.05. The van der Waals surface area contributed by atoms with Crippen LogP contribution >= 0.6 is 0 Å². The van der Waals surface area contributed by atoms with Crippen molar-refractivity contribution in [2.75, 3.05) is 6.61 Å². The average molecular weight is 290 g/mol. The van der Waals surface area contributed by atoms with Crippen molar-refractivity contribution in [2.45, 2.75) is 45.1 Å². The van der Waals surface area contributed by atoms with Gasteiger partial charge in [0.25, 0.3) is 0 Å². The number of aromatic nitrogens is 2. The number of hydrogen-bond donors (Lipinski definition) is 0. The summed E-state index contributed by atoms with van der Waals surface area (Å²) in [4.78, 5) is 16.6. The number of ether oxygens (including phenoxy) is 1. The number of carbonyl (C=O) groups excluding carboxylic acids is 1. The number of rotatable bonds is 5. The zero-order valence-corrected chi connectivity index (χ0v) is 12.3. The van der Waals surface area contributed by atoms with Crippen molar-refractivity contribution in [1.82, 2.24) is 9.55 Å². The largest absolute Gasteiger partial charge is 0.465 e. The van der Waals surface area contributed by atoms with Gasteiger partial charge in [0.15, 0.2) is 5.82 Å². The predicted octanol–water partition coefficient (Wildman–Crippen LogP) is 3.57. The Morgan fingerprint density at radius 3 is 2.86 bits per heavy atom. The van der Waals surface area contributed by atoms with E-state index in [1.165, 1.54) is 6.07 Å². The van der Waals surface area contributed by atoms with Gasteiger partial charge < -0.3 is 9.30 Å². The maximum Gasteiger partial charge on any atom is 0.316 e. The first-order chi connectivity index (χ1) is 10.2. The second-order valence-electron chi connectivity index (χ2n) is 5.39. The summed E-state index contributed by atoms with van der Waals surface area (Å²) in [5.41, 5.74) is 1.12. The number of para-hydroxylation sites is 1. The second-order valence-corrected chi connectivity index (χ2v) is 5.39. The molecule has 0 aliphatic heterocycles. The molecule has 1 heterocycles. The first-order valence-electron chi connectivity index (χ1n) is 7.50. The molecule has 1 fully saturated rings. The summed E-state index contributed by atoms with van der Waals surface area (Å²) in [5.74, 6) is -0.416. The van der Waals surface area contributed by atoms with E-state index in [0.29, 0.717) is 30.4 Å². The first-order valence-corrected chi connectivity index (χ1v) is 7.50. The quantitative estimate of drug-likeness (QED) is 0.791. The molecule has 1 aromatic heterocycles. The van der Waals surface area contributed by atoms with Crippen molar-refractivity contribution in [3.63, 3.8) is 0 Å². The van der Waals surface area contributed by atoms with Gasteiger partial charge in [0.2, 0.25) is 0 Å². The topological polar surface area (TPSA) is 44.1 Å². The number of fused-ring (bicyclic) bond motifs is 1. The van der Waals surface area contributed by atoms with Gasteiger partial charge in [-0.05, 0) is 38.3 Å². The minimum absolute atomic E-state index is 0.280. The van der Waals surface area contributed by atoms with E-state index < -0.39 is 5.92 Å². The van der Waals surface area contributed by atoms with Crippen molar-refractivity contribution in [3.05, 3.63) is 29.8 Å². The number of benzene rings is 1. The molecule has 4 nitrogen and oxygen atoms in total. The Labute approximate surface area is 122 Å². The van der Waals surface area contributed by atoms with Crippen molar-refractivity contribution in [3.8, 4) is 0 Å². The summed E-state index contributed by atoms with van der Waals surface area (Å²) in [6.07, 6.45) is 2.69. The number of hydrogen-bond acceptors (Lipinski definition) is 3. The highest BCUT2D eigenvalue weighted by Crippen LogP contribution is 2.41. The van der Waals surface area contributed by atoms with Crippen LogP contribution in [0.15, 0.2) is 18.2 Å². The molecule has 3 rings (SSSR count). The molecule has 0 amide bonds. The van der Waals surface area contributed by atoms with Gasteiger partial charge in [-0.1, -0.05) is 13.0 Å². The van der Waals surface area contributed by atoms with Crippen LogP contribution in [0.5, 0.6) is 0 Å². The van der Waals surface area contributed by atoms with Gasteiger partial charge in [0.05, 0.1) is 12.1 Å². The molecule has 5 heteroatoms. The zero-order valence-electron chi connectivity index (χ0n) is 12.3. The third-order valence-electron chi connectivity index (χ3n) is 3.90. The molecule has 0 radical (unpaired) electrons. The Morgan fingerprint density at radius 1 is 1.48 bits per heavy atom. The van der Waals surface area contributed by atoms with E-state index in [-0.39, 0.29) is 11.8 Å². The molecule has 1 aromatic carbocycles. The number of esters is 1. The minimum atomic E-state index is -0.433. The van der Waals surface area contributed by atoms with Gasteiger partial charge in [-0.25, -0.2) is 9.37 Å². The Hall–Kier alpha value is -1.91. The van der Waals surface area contributed by atoms with E-state index in [2.05, 4.69) is 4.98 Å². The van der Waals surface area contributed by atoms with Crippen molar-refractivity contribution in [2.24, 2.45) is 0 Å². The molecule has 112 valence electrons. The van der Waals surface area contributed by atoms with E-state index in [4.69, 9.17) is 4.74 Å². The van der Waals surface area contributed by atoms with Crippen LogP contribution < -0.4 is 0 Å². The first kappa shape index (κ1) is 14.0. The molecule has 1 aliphatic carbocycles. The third-order valence-corrected chi connectivity index (χ3v) is 3.90. The molecule has 1 unspecified atom stereocenters. The molecule has 1 atom stereocenters. The lowest BCUT2D eigenvalue weighted by atomic mass is 10.1. The minimum Gasteiger partial charge on any atom is -0.465 e. The smallest absolute Gasteiger partial charge is 0.316 e. The van der Waals surface area contributed by atoms with Crippen LogP contribution in [-0.2, 0) is 9.53 Å². The highest BCUT2D eigenvalue weighted by molar-refractivity contribution is 5.82. The highest BCUT2D eigenvalue weighted by Gasteiger charge is 2.34. The Balaban J connectivity index is 2.14. The molecule has 0 N–H and O–H groups in total. The van der Waals surface area contributed by atoms with Crippen LogP contribution in [0.25, 0.3) is 11.0 Å². The molecule has 21 heavy (non-hydrogen) atoms. The Kier molecular flexibility index (Phi) is 3.66. The van der Waals surface area contributed by atoms with Gasteiger partial charge in [-0.3, -0.25) is 4.79 Å². The molecule has 2 aromatic rings. The standard InChI is InChI=1S/C16H19FN2O2/c1-3-11(16(20)21-4-2)15-18-14-12(17)6-5-7-13(14)19(15)10-8-9-10/h5-7,10-11H,3-4,8-9H2,1-2H3. The molecular weight excluding hydrogens is 271 g/mol. The molecule has 1 aliphatic rings. The summed E-state index contributed by atoms with van der Waals surface area (Å²) < 4.78 is 21.2. The lowest BCUT2D eigenvalue weighted by molar-refractivity contribution is -0.145. The van der Waals surface area contributed by atoms with Gasteiger partial charge in [0.1, 0.15) is 17.3 Å². The lowest BCUT2D eigenvalue weighted by Crippen LogP contribution is -2.19. The fraction of sp³-hybridized carbons (Fsp3) is 0.500. The van der Waals surface area contributed by atoms with Crippen LogP contribution in [0.2, 0.25) is 0 Å². The van der Waals surface area contributed by atoms with E-state index >= 15 is 0 Å². The summed E-state index contributed by atoms with van der Waals surface area (Å²) in [7, 11) is 0. The van der Waals surface area contributed by atoms with Crippen LogP contribution in [0.4, 0.5) is 4.39 Å². The number of carbonyl (C=O) groups is 1. The molecule has 0 saturated heterocycles. The monoisotopic (exact) mass is 290 g/mol. The van der Waals surface area contributed by atoms with Crippen LogP contribution in [0.1, 0.15) is 50.9 Å². The van der Waals surface area contributed by atoms with Gasteiger partial charge >= 0.3 is 5.97 Å². The van der Waals surface area contributed by atoms with Crippen LogP contribution in [0.3, 0.4) is 0 Å². The molecular formula is C16H19FN2O2. The average Bonchev–Trinajstić information content (AvgIpc) is 3.22. The SMILES string of the molecule is CCOC(=O)C(CC)c1nc2c(F)cccc2n1C1CC1. The van der Waals surface area contributed by atoms with E-state index in [1.807, 2.05) is 17.6 Å². The summed E-state index contributed by atoms with van der Waals surface area (Å²) >= 11 is 0. The molecule has 1 saturated carbocycles. The molecule has 0 bridgehead atoms. The predicted molar refractivity (Wildman–Crippen MR) is 77.6 cm³/mol. The Bertz CT molecular complexity index is 676. The number of halogens is 1. The third kappa shape index (κ3) is 2.41. The number of nitrogens with zero attached hydrogens (tertiary/aromatic N) is 2. The van der Waals surface area contributed by atoms with E-state index in [9.17, 15) is 9.18 Å². The summed E-state index contributed by atoms with van der Waals surface area (Å²) in [6, 6.07) is 5.29.